The number of rotatable bonds is 56. The van der Waals surface area contributed by atoms with Gasteiger partial charge in [-0.2, -0.15) is 0 Å². The molecule has 14 heteroatoms. The molecule has 12 unspecified atom stereocenters. The molecule has 12 atom stereocenters. The van der Waals surface area contributed by atoms with E-state index >= 15 is 0 Å². The van der Waals surface area contributed by atoms with E-state index in [-0.39, 0.29) is 18.9 Å². The molecule has 2 aliphatic rings. The molecule has 0 saturated carbocycles. The Bertz CT molecular complexity index is 1960. The zero-order chi connectivity index (χ0) is 64.5. The van der Waals surface area contributed by atoms with Crippen LogP contribution in [0.15, 0.2) is 122 Å². The molecule has 0 spiro atoms. The van der Waals surface area contributed by atoms with Crippen molar-refractivity contribution in [3.05, 3.63) is 122 Å². The van der Waals surface area contributed by atoms with Gasteiger partial charge in [0.1, 0.15) is 48.8 Å². The summed E-state index contributed by atoms with van der Waals surface area (Å²) in [5.41, 5.74) is 0. The van der Waals surface area contributed by atoms with E-state index in [2.05, 4.69) is 129 Å². The van der Waals surface area contributed by atoms with Crippen LogP contribution in [-0.2, 0) is 23.7 Å². The Morgan fingerprint density at radius 2 is 0.775 bits per heavy atom. The SMILES string of the molecule is CC/C=C\C/C=C\C/C=C\C/C=C\C/C=C\C/C=C\C/C=C\C/C=C\C/C=C\CCCCCCCCCCCC(=O)NC(COC1OC(CO)C(OC2OC(CO)C(O)C(O)C2O)C(O)C1O)C(O)/C=C/CCCCCCCCCCCCCCCCCC. The molecule has 0 aliphatic carbocycles. The maximum Gasteiger partial charge on any atom is 0.220 e. The highest BCUT2D eigenvalue weighted by Crippen LogP contribution is 2.30. The first-order valence-electron chi connectivity index (χ1n) is 35.3. The minimum Gasteiger partial charge on any atom is -0.394 e. The van der Waals surface area contributed by atoms with Crippen molar-refractivity contribution in [2.75, 3.05) is 19.8 Å². The number of amides is 1. The first-order chi connectivity index (χ1) is 43.6. The van der Waals surface area contributed by atoms with Gasteiger partial charge < -0.3 is 65.1 Å². The molecule has 1 amide bonds. The largest absolute Gasteiger partial charge is 0.394 e. The van der Waals surface area contributed by atoms with E-state index in [1.165, 1.54) is 122 Å². The van der Waals surface area contributed by atoms with E-state index in [0.717, 1.165) is 103 Å². The van der Waals surface area contributed by atoms with Gasteiger partial charge in [-0.3, -0.25) is 4.79 Å². The number of carbonyl (C=O) groups excluding carboxylic acids is 1. The van der Waals surface area contributed by atoms with Gasteiger partial charge in [-0.15, -0.1) is 0 Å². The second-order valence-corrected chi connectivity index (χ2v) is 24.3. The van der Waals surface area contributed by atoms with Crippen LogP contribution in [0.3, 0.4) is 0 Å². The molecule has 2 fully saturated rings. The lowest BCUT2D eigenvalue weighted by molar-refractivity contribution is -0.359. The van der Waals surface area contributed by atoms with Gasteiger partial charge in [-0.05, 0) is 89.9 Å². The maximum atomic E-state index is 13.3. The smallest absolute Gasteiger partial charge is 0.220 e. The molecule has 2 aliphatic heterocycles. The van der Waals surface area contributed by atoms with Gasteiger partial charge in [-0.1, -0.05) is 277 Å². The fraction of sp³-hybridized carbons (Fsp3) is 0.720. The number of allylic oxidation sites excluding steroid dienone is 19. The highest BCUT2D eigenvalue weighted by atomic mass is 16.7. The van der Waals surface area contributed by atoms with Crippen LogP contribution in [0, 0.1) is 0 Å². The van der Waals surface area contributed by atoms with E-state index in [0.29, 0.717) is 6.42 Å². The molecule has 9 N–H and O–H groups in total. The highest BCUT2D eigenvalue weighted by Gasteiger charge is 2.51. The van der Waals surface area contributed by atoms with Gasteiger partial charge in [0.05, 0.1) is 32.0 Å². The van der Waals surface area contributed by atoms with Crippen molar-refractivity contribution < 1.29 is 64.6 Å². The molecule has 0 aromatic rings. The van der Waals surface area contributed by atoms with E-state index in [1.807, 2.05) is 6.08 Å². The molecule has 89 heavy (non-hydrogen) atoms. The normalized spacial score (nSPS) is 23.8. The second-order valence-electron chi connectivity index (χ2n) is 24.3. The molecule has 0 bridgehead atoms. The fourth-order valence-electron chi connectivity index (χ4n) is 10.8. The predicted octanol–water partition coefficient (Wildman–Crippen LogP) is 14.5. The second kappa shape index (κ2) is 58.2. The lowest BCUT2D eigenvalue weighted by Gasteiger charge is -2.46. The Kier molecular flexibility index (Phi) is 53.3. The van der Waals surface area contributed by atoms with Crippen LogP contribution in [0.1, 0.15) is 251 Å². The van der Waals surface area contributed by atoms with E-state index < -0.39 is 86.8 Å². The summed E-state index contributed by atoms with van der Waals surface area (Å²) in [5.74, 6) is -0.249. The molecular weight excluding hydrogens is 1120 g/mol. The van der Waals surface area contributed by atoms with E-state index in [1.54, 1.807) is 6.08 Å². The monoisotopic (exact) mass is 1250 g/mol. The zero-order valence-electron chi connectivity index (χ0n) is 55.4. The number of carbonyl (C=O) groups is 1. The van der Waals surface area contributed by atoms with Crippen molar-refractivity contribution in [3.63, 3.8) is 0 Å². The standard InChI is InChI=1S/C75H127NO13/c1-3-5-7-9-11-13-15-17-19-21-23-24-25-26-27-28-29-30-31-32-33-34-35-36-37-38-39-40-41-43-45-47-49-51-53-55-57-59-67(80)76-63(64(79)58-56-54-52-50-48-46-44-42-22-20-18-16-14-12-10-8-6-4-2)62-86-74-72(85)70(83)73(66(61-78)88-74)89-75-71(84)69(82)68(81)65(60-77)87-75/h5,7,11,13,17,19,23-24,26-27,29-30,32-33,35-36,38-39,56,58,63-66,68-75,77-79,81-85H,3-4,6,8-10,12,14-16,18,20-22,25,28,31,34,37,40-55,57,59-62H2,1-2H3,(H,76,80)/b7-5-,13-11-,19-17-,24-23-,27-26-,30-29-,33-32-,36-35-,39-38-,58-56+. The van der Waals surface area contributed by atoms with Crippen LogP contribution in [0.4, 0.5) is 0 Å². The number of aliphatic hydroxyl groups is 8. The first kappa shape index (κ1) is 81.5. The Morgan fingerprint density at radius 3 is 1.19 bits per heavy atom. The zero-order valence-corrected chi connectivity index (χ0v) is 55.4. The van der Waals surface area contributed by atoms with E-state index in [4.69, 9.17) is 18.9 Å². The topological polar surface area (TPSA) is 228 Å². The Balaban J connectivity index is 1.66. The van der Waals surface area contributed by atoms with Gasteiger partial charge >= 0.3 is 0 Å². The number of ether oxygens (including phenoxy) is 4. The van der Waals surface area contributed by atoms with Crippen molar-refractivity contribution in [2.45, 2.75) is 325 Å². The Hall–Kier alpha value is -3.61. The summed E-state index contributed by atoms with van der Waals surface area (Å²) in [6.07, 6.45) is 68.1. The van der Waals surface area contributed by atoms with E-state index in [9.17, 15) is 45.6 Å². The van der Waals surface area contributed by atoms with Gasteiger partial charge in [0.25, 0.3) is 0 Å². The third-order valence-corrected chi connectivity index (χ3v) is 16.4. The Labute approximate surface area is 539 Å². The number of hydrogen-bond donors (Lipinski definition) is 9. The molecule has 2 heterocycles. The van der Waals surface area contributed by atoms with Crippen molar-refractivity contribution in [2.24, 2.45) is 0 Å². The molecule has 510 valence electrons. The van der Waals surface area contributed by atoms with Gasteiger partial charge in [0.15, 0.2) is 12.6 Å². The quantitative estimate of drug-likeness (QED) is 0.0204. The predicted molar refractivity (Wildman–Crippen MR) is 364 cm³/mol. The molecule has 2 saturated heterocycles. The molecule has 0 aromatic heterocycles. The van der Waals surface area contributed by atoms with Gasteiger partial charge in [-0.25, -0.2) is 0 Å². The lowest BCUT2D eigenvalue weighted by atomic mass is 9.97. The molecule has 0 aromatic carbocycles. The molecule has 14 nitrogen and oxygen atoms in total. The maximum absolute atomic E-state index is 13.3. The summed E-state index contributed by atoms with van der Waals surface area (Å²) in [5, 5.41) is 87.4. The van der Waals surface area contributed by atoms with Crippen molar-refractivity contribution in [1.29, 1.82) is 0 Å². The summed E-state index contributed by atoms with van der Waals surface area (Å²) in [7, 11) is 0. The van der Waals surface area contributed by atoms with Crippen molar-refractivity contribution >= 4 is 5.91 Å². The van der Waals surface area contributed by atoms with Crippen molar-refractivity contribution in [3.8, 4) is 0 Å². The van der Waals surface area contributed by atoms with Crippen LogP contribution in [0.5, 0.6) is 0 Å². The molecule has 2 rings (SSSR count). The third kappa shape index (κ3) is 42.3. The summed E-state index contributed by atoms with van der Waals surface area (Å²) < 4.78 is 22.8. The number of hydrogen-bond acceptors (Lipinski definition) is 13. The molecular formula is C75H127NO13. The third-order valence-electron chi connectivity index (χ3n) is 16.4. The molecule has 0 radical (unpaired) electrons. The van der Waals surface area contributed by atoms with Crippen LogP contribution in [0.25, 0.3) is 0 Å². The summed E-state index contributed by atoms with van der Waals surface area (Å²) >= 11 is 0. The highest BCUT2D eigenvalue weighted by molar-refractivity contribution is 5.76. The van der Waals surface area contributed by atoms with Crippen LogP contribution in [0.2, 0.25) is 0 Å². The fourth-order valence-corrected chi connectivity index (χ4v) is 10.8. The average Bonchev–Trinajstić information content (AvgIpc) is 1.44. The minimum atomic E-state index is -1.79. The first-order valence-corrected chi connectivity index (χ1v) is 35.3. The Morgan fingerprint density at radius 1 is 0.416 bits per heavy atom. The lowest BCUT2D eigenvalue weighted by Crippen LogP contribution is -2.65. The van der Waals surface area contributed by atoms with Crippen LogP contribution < -0.4 is 5.32 Å². The number of aliphatic hydroxyl groups excluding tert-OH is 8. The summed E-state index contributed by atoms with van der Waals surface area (Å²) in [6, 6.07) is -0.927. The number of unbranched alkanes of at least 4 members (excludes halogenated alkanes) is 25. The summed E-state index contributed by atoms with van der Waals surface area (Å²) in [6.45, 7) is 2.69. The van der Waals surface area contributed by atoms with Gasteiger partial charge in [0, 0.05) is 6.42 Å². The summed E-state index contributed by atoms with van der Waals surface area (Å²) in [4.78, 5) is 13.3. The minimum absolute atomic E-state index is 0.249. The van der Waals surface area contributed by atoms with Crippen LogP contribution in [-0.4, -0.2) is 140 Å². The van der Waals surface area contributed by atoms with Crippen LogP contribution >= 0.6 is 0 Å². The average molecular weight is 1250 g/mol. The number of nitrogens with one attached hydrogen (secondary N) is 1. The van der Waals surface area contributed by atoms with Gasteiger partial charge in [0.2, 0.25) is 5.91 Å². The van der Waals surface area contributed by atoms with Crippen molar-refractivity contribution in [1.82, 2.24) is 5.32 Å².